The van der Waals surface area contributed by atoms with Gasteiger partial charge < -0.3 is 14.7 Å². The summed E-state index contributed by atoms with van der Waals surface area (Å²) in [5.41, 5.74) is 25.9. The fourth-order valence-corrected chi connectivity index (χ4v) is 13.7. The van der Waals surface area contributed by atoms with E-state index in [0.29, 0.717) is 0 Å². The summed E-state index contributed by atoms with van der Waals surface area (Å²) in [6, 6.07) is 62.1. The minimum atomic E-state index is -0.0403. The van der Waals surface area contributed by atoms with Crippen molar-refractivity contribution < 1.29 is 0 Å². The van der Waals surface area contributed by atoms with Crippen LogP contribution in [0.25, 0.3) is 25.9 Å². The number of hydrogen-bond acceptors (Lipinski definition) is 4. The summed E-state index contributed by atoms with van der Waals surface area (Å²) < 4.78 is 2.57. The van der Waals surface area contributed by atoms with Crippen LogP contribution in [0.15, 0.2) is 163 Å². The van der Waals surface area contributed by atoms with Gasteiger partial charge in [-0.1, -0.05) is 188 Å². The Morgan fingerprint density at radius 1 is 0.481 bits per heavy atom. The summed E-state index contributed by atoms with van der Waals surface area (Å²) in [5, 5.41) is 2.60. The smallest absolute Gasteiger partial charge is 0.248 e. The highest BCUT2D eigenvalue weighted by Gasteiger charge is 2.48. The van der Waals surface area contributed by atoms with Gasteiger partial charge in [0.1, 0.15) is 0 Å². The Bertz CT molecular complexity index is 3780. The second kappa shape index (κ2) is 17.6. The van der Waals surface area contributed by atoms with E-state index in [2.05, 4.69) is 283 Å². The van der Waals surface area contributed by atoms with Gasteiger partial charge in [0.05, 0.1) is 16.1 Å². The molecule has 8 aromatic carbocycles. The van der Waals surface area contributed by atoms with Gasteiger partial charge in [-0.2, -0.15) is 0 Å². The highest BCUT2D eigenvalue weighted by atomic mass is 32.1. The first-order valence-corrected chi connectivity index (χ1v) is 28.9. The molecule has 2 aliphatic heterocycles. The zero-order chi connectivity index (χ0) is 54.5. The van der Waals surface area contributed by atoms with Crippen LogP contribution >= 0.6 is 11.3 Å². The molecule has 12 rings (SSSR count). The molecule has 3 aliphatic rings. The number of nitrogens with zero attached hydrogens (tertiary/aromatic N) is 3. The summed E-state index contributed by atoms with van der Waals surface area (Å²) >= 11 is 1.93. The molecular weight excluding hydrogens is 950 g/mol. The number of allylic oxidation sites excluding steroid dienone is 1. The van der Waals surface area contributed by atoms with Gasteiger partial charge in [-0.05, 0) is 169 Å². The van der Waals surface area contributed by atoms with Crippen molar-refractivity contribution in [3.05, 3.63) is 208 Å². The van der Waals surface area contributed by atoms with Crippen molar-refractivity contribution in [2.75, 3.05) is 14.7 Å². The fourth-order valence-electron chi connectivity index (χ4n) is 12.5. The third-order valence-electron chi connectivity index (χ3n) is 16.9. The van der Waals surface area contributed by atoms with Crippen LogP contribution in [0, 0.1) is 6.92 Å². The molecule has 0 N–H and O–H groups in total. The molecule has 0 saturated heterocycles. The maximum atomic E-state index is 2.67. The molecule has 1 aromatic heterocycles. The van der Waals surface area contributed by atoms with Crippen molar-refractivity contribution in [3.8, 4) is 0 Å². The lowest BCUT2D eigenvalue weighted by Gasteiger charge is -2.45. The van der Waals surface area contributed by atoms with Gasteiger partial charge in [0.25, 0.3) is 0 Å². The van der Waals surface area contributed by atoms with E-state index < -0.39 is 0 Å². The Morgan fingerprint density at radius 3 is 1.44 bits per heavy atom. The first-order chi connectivity index (χ1) is 36.3. The van der Waals surface area contributed by atoms with E-state index >= 15 is 0 Å². The van der Waals surface area contributed by atoms with Crippen LogP contribution in [-0.4, -0.2) is 6.71 Å². The molecule has 1 aliphatic carbocycles. The summed E-state index contributed by atoms with van der Waals surface area (Å²) in [6.45, 7) is 37.1. The van der Waals surface area contributed by atoms with Gasteiger partial charge in [0.2, 0.25) is 6.71 Å². The number of benzene rings is 8. The minimum absolute atomic E-state index is 0.00747. The molecule has 388 valence electrons. The van der Waals surface area contributed by atoms with Crippen molar-refractivity contribution in [1.82, 2.24) is 0 Å². The fraction of sp³-hybridized carbons (Fsp3) is 0.306. The van der Waals surface area contributed by atoms with Gasteiger partial charge >= 0.3 is 0 Å². The SMILES string of the molecule is Cc1cc2c3c(c1)N(c1ccc(C(C)(C)C)cc1)c1c(cc(N(c4ccc(C(C)(C)C)cc4)c4ccc(C(C)(C)C)cc4)c4sc5ccccc5c14)B3C1=C(c3cc(C(C)(C)C)ccc3C1)N2c1ccc(C(C)(C)C)cc1. The van der Waals surface area contributed by atoms with Gasteiger partial charge in [0.15, 0.2) is 0 Å². The molecule has 0 fully saturated rings. The first-order valence-electron chi connectivity index (χ1n) is 28.1. The standard InChI is InChI=1S/C72H76BN3S/c1-44-39-59-64-60(40-44)76(54-37-29-49(30-38-54)71(11,12)13)66-58(73(64)57-41-45-21-22-50(72(14,15)16)42-56(45)65(57)75(59)53-35-27-48(28-36-53)70(8,9)10)43-61(67-63(66)55-19-17-18-20-62(55)77-67)74(51-31-23-46(24-32-51)68(2,3)4)52-33-25-47(26-34-52)69(5,6)7/h17-40,42-43H,41H2,1-16H3. The molecule has 5 heteroatoms. The quantitative estimate of drug-likeness (QED) is 0.159. The van der Waals surface area contributed by atoms with Gasteiger partial charge in [-0.3, -0.25) is 0 Å². The molecule has 0 unspecified atom stereocenters. The van der Waals surface area contributed by atoms with Gasteiger partial charge in [0, 0.05) is 60.9 Å². The second-order valence-electron chi connectivity index (χ2n) is 27.7. The van der Waals surface area contributed by atoms with E-state index in [1.165, 1.54) is 121 Å². The summed E-state index contributed by atoms with van der Waals surface area (Å²) in [5.74, 6) is 0. The maximum Gasteiger partial charge on any atom is 0.248 e. The van der Waals surface area contributed by atoms with Crippen LogP contribution < -0.4 is 25.6 Å². The van der Waals surface area contributed by atoms with E-state index in [9.17, 15) is 0 Å². The number of thiophene rings is 1. The molecule has 0 atom stereocenters. The van der Waals surface area contributed by atoms with E-state index in [-0.39, 0.29) is 33.8 Å². The van der Waals surface area contributed by atoms with Crippen LogP contribution in [0.5, 0.6) is 0 Å². The molecule has 0 spiro atoms. The highest BCUT2D eigenvalue weighted by molar-refractivity contribution is 7.26. The highest BCUT2D eigenvalue weighted by Crippen LogP contribution is 2.56. The van der Waals surface area contributed by atoms with Crippen molar-refractivity contribution in [2.45, 2.75) is 144 Å². The Morgan fingerprint density at radius 2 is 0.935 bits per heavy atom. The number of anilines is 8. The number of aryl methyl sites for hydroxylation is 1. The maximum absolute atomic E-state index is 2.67. The zero-order valence-electron chi connectivity index (χ0n) is 48.5. The van der Waals surface area contributed by atoms with E-state index in [4.69, 9.17) is 0 Å². The molecule has 0 saturated carbocycles. The summed E-state index contributed by atoms with van der Waals surface area (Å²) in [4.78, 5) is 7.90. The Balaban J connectivity index is 1.23. The summed E-state index contributed by atoms with van der Waals surface area (Å²) in [6.07, 6.45) is 0.868. The predicted octanol–water partition coefficient (Wildman–Crippen LogP) is 19.4. The van der Waals surface area contributed by atoms with E-state index in [1.54, 1.807) is 0 Å². The van der Waals surface area contributed by atoms with Crippen LogP contribution in [0.1, 0.15) is 148 Å². The largest absolute Gasteiger partial charge is 0.311 e. The van der Waals surface area contributed by atoms with Crippen LogP contribution in [0.2, 0.25) is 0 Å². The molecule has 3 nitrogen and oxygen atoms in total. The molecule has 9 aromatic rings. The van der Waals surface area contributed by atoms with Crippen molar-refractivity contribution in [3.63, 3.8) is 0 Å². The van der Waals surface area contributed by atoms with Crippen molar-refractivity contribution >= 4 is 100 Å². The van der Waals surface area contributed by atoms with Crippen molar-refractivity contribution in [2.24, 2.45) is 0 Å². The van der Waals surface area contributed by atoms with Gasteiger partial charge in [-0.15, -0.1) is 11.3 Å². The topological polar surface area (TPSA) is 9.72 Å². The minimum Gasteiger partial charge on any atom is -0.311 e. The van der Waals surface area contributed by atoms with Crippen LogP contribution in [0.4, 0.5) is 45.5 Å². The lowest BCUT2D eigenvalue weighted by atomic mass is 9.32. The summed E-state index contributed by atoms with van der Waals surface area (Å²) in [7, 11) is 0. The second-order valence-corrected chi connectivity index (χ2v) is 28.7. The van der Waals surface area contributed by atoms with Crippen LogP contribution in [0.3, 0.4) is 0 Å². The third kappa shape index (κ3) is 8.54. The lowest BCUT2D eigenvalue weighted by Crippen LogP contribution is -2.55. The third-order valence-corrected chi connectivity index (χ3v) is 18.1. The van der Waals surface area contributed by atoms with Gasteiger partial charge in [-0.25, -0.2) is 0 Å². The Kier molecular flexibility index (Phi) is 11.7. The zero-order valence-corrected chi connectivity index (χ0v) is 49.4. The predicted molar refractivity (Wildman–Crippen MR) is 338 cm³/mol. The molecular formula is C72H76BN3S. The average Bonchev–Trinajstić information content (AvgIpc) is 4.11. The number of fused-ring (bicyclic) bond motifs is 9. The molecule has 0 amide bonds. The molecule has 3 heterocycles. The monoisotopic (exact) mass is 1030 g/mol. The average molecular weight is 1030 g/mol. The molecule has 77 heavy (non-hydrogen) atoms. The normalized spacial score (nSPS) is 14.6. The van der Waals surface area contributed by atoms with E-state index in [0.717, 1.165) is 17.8 Å². The lowest BCUT2D eigenvalue weighted by molar-refractivity contribution is 0.589. The van der Waals surface area contributed by atoms with Crippen LogP contribution in [-0.2, 0) is 33.5 Å². The van der Waals surface area contributed by atoms with Crippen molar-refractivity contribution in [1.29, 1.82) is 0 Å². The first kappa shape index (κ1) is 51.0. The number of hydrogen-bond donors (Lipinski definition) is 0. The van der Waals surface area contributed by atoms with E-state index in [1.807, 2.05) is 11.3 Å². The number of rotatable bonds is 5. The Hall–Kier alpha value is -6.82. The Labute approximate surface area is 464 Å². The molecule has 0 radical (unpaired) electrons. The molecule has 0 bridgehead atoms.